The van der Waals surface area contributed by atoms with Crippen LogP contribution in [-0.2, 0) is 4.79 Å². The van der Waals surface area contributed by atoms with Crippen LogP contribution in [0.5, 0.6) is 0 Å². The molecular formula is C12H23N3O. The van der Waals surface area contributed by atoms with E-state index in [0.29, 0.717) is 6.04 Å². The predicted molar refractivity (Wildman–Crippen MR) is 64.0 cm³/mol. The summed E-state index contributed by atoms with van der Waals surface area (Å²) in [4.78, 5) is 14.2. The summed E-state index contributed by atoms with van der Waals surface area (Å²) < 4.78 is 0. The molecule has 0 radical (unpaired) electrons. The highest BCUT2D eigenvalue weighted by Gasteiger charge is 2.38. The van der Waals surface area contributed by atoms with Crippen LogP contribution in [0.1, 0.15) is 38.5 Å². The summed E-state index contributed by atoms with van der Waals surface area (Å²) in [5.74, 6) is 0.138. The Kier molecular flexibility index (Phi) is 3.82. The van der Waals surface area contributed by atoms with Crippen molar-refractivity contribution in [1.29, 1.82) is 0 Å². The largest absolute Gasteiger partial charge is 0.358 e. The maximum Gasteiger partial charge on any atom is 0.237 e. The minimum Gasteiger partial charge on any atom is -0.358 e. The van der Waals surface area contributed by atoms with Crippen molar-refractivity contribution in [2.24, 2.45) is 5.73 Å². The van der Waals surface area contributed by atoms with Gasteiger partial charge < -0.3 is 11.1 Å². The molecule has 1 aliphatic carbocycles. The summed E-state index contributed by atoms with van der Waals surface area (Å²) in [6.07, 6.45) is 7.24. The fourth-order valence-corrected chi connectivity index (χ4v) is 3.14. The number of hydrogen-bond donors (Lipinski definition) is 2. The van der Waals surface area contributed by atoms with Crippen molar-refractivity contribution in [3.63, 3.8) is 0 Å². The Labute approximate surface area is 97.6 Å². The molecule has 2 atom stereocenters. The molecule has 0 spiro atoms. The van der Waals surface area contributed by atoms with Gasteiger partial charge in [-0.25, -0.2) is 0 Å². The molecule has 0 aromatic carbocycles. The first-order valence-corrected chi connectivity index (χ1v) is 6.45. The smallest absolute Gasteiger partial charge is 0.237 e. The van der Waals surface area contributed by atoms with Crippen molar-refractivity contribution in [3.8, 4) is 0 Å². The van der Waals surface area contributed by atoms with Crippen LogP contribution >= 0.6 is 0 Å². The lowest BCUT2D eigenvalue weighted by Gasteiger charge is -2.34. The number of hydrogen-bond acceptors (Lipinski definition) is 3. The van der Waals surface area contributed by atoms with Crippen LogP contribution < -0.4 is 11.1 Å². The summed E-state index contributed by atoms with van der Waals surface area (Å²) in [6.45, 7) is 0.892. The maximum atomic E-state index is 11.8. The van der Waals surface area contributed by atoms with Gasteiger partial charge in [-0.05, 0) is 19.3 Å². The average Bonchev–Trinajstić information content (AvgIpc) is 2.71. The average molecular weight is 225 g/mol. The van der Waals surface area contributed by atoms with Crippen LogP contribution in [0.25, 0.3) is 0 Å². The minimum absolute atomic E-state index is 0.0168. The summed E-state index contributed by atoms with van der Waals surface area (Å²) in [5, 5.41) is 2.76. The van der Waals surface area contributed by atoms with Gasteiger partial charge in [-0.2, -0.15) is 0 Å². The van der Waals surface area contributed by atoms with Crippen molar-refractivity contribution in [1.82, 2.24) is 10.2 Å². The van der Waals surface area contributed by atoms with Crippen LogP contribution in [0.2, 0.25) is 0 Å². The number of likely N-dealkylation sites (N-methyl/N-ethyl adjacent to an activating group) is 1. The molecule has 0 aromatic rings. The quantitative estimate of drug-likeness (QED) is 0.718. The molecular weight excluding hydrogens is 202 g/mol. The molecule has 1 heterocycles. The first kappa shape index (κ1) is 11.9. The van der Waals surface area contributed by atoms with Crippen LogP contribution in [0, 0.1) is 0 Å². The van der Waals surface area contributed by atoms with Gasteiger partial charge in [0.15, 0.2) is 0 Å². The van der Waals surface area contributed by atoms with E-state index in [2.05, 4.69) is 10.2 Å². The Balaban J connectivity index is 2.02. The second-order valence-corrected chi connectivity index (χ2v) is 5.11. The van der Waals surface area contributed by atoms with Gasteiger partial charge in [0.25, 0.3) is 0 Å². The topological polar surface area (TPSA) is 58.4 Å². The van der Waals surface area contributed by atoms with Gasteiger partial charge in [-0.15, -0.1) is 0 Å². The lowest BCUT2D eigenvalue weighted by molar-refractivity contribution is -0.125. The molecule has 2 rings (SSSR count). The fraction of sp³-hybridized carbons (Fsp3) is 0.917. The van der Waals surface area contributed by atoms with E-state index < -0.39 is 0 Å². The molecule has 0 aromatic heterocycles. The third kappa shape index (κ3) is 2.38. The molecule has 1 saturated heterocycles. The zero-order valence-electron chi connectivity index (χ0n) is 10.1. The van der Waals surface area contributed by atoms with Crippen molar-refractivity contribution in [2.45, 2.75) is 56.7 Å². The van der Waals surface area contributed by atoms with Crippen molar-refractivity contribution < 1.29 is 4.79 Å². The molecule has 1 saturated carbocycles. The number of nitrogens with zero attached hydrogens (tertiary/aromatic N) is 1. The predicted octanol–water partition coefficient (Wildman–Crippen LogP) is 0.467. The number of carbonyl (C=O) groups is 1. The Bertz CT molecular complexity index is 251. The van der Waals surface area contributed by atoms with Crippen molar-refractivity contribution in [2.75, 3.05) is 13.6 Å². The van der Waals surface area contributed by atoms with Crippen molar-refractivity contribution in [3.05, 3.63) is 0 Å². The number of likely N-dealkylation sites (tertiary alicyclic amines) is 1. The van der Waals surface area contributed by atoms with E-state index >= 15 is 0 Å². The molecule has 2 aliphatic rings. The summed E-state index contributed by atoms with van der Waals surface area (Å²) >= 11 is 0. The van der Waals surface area contributed by atoms with Gasteiger partial charge in [-0.3, -0.25) is 9.69 Å². The molecule has 2 fully saturated rings. The second kappa shape index (κ2) is 5.15. The molecule has 1 aliphatic heterocycles. The standard InChI is InChI=1S/C12H23N3O/c1-14-12(16)11-7-9(13)8-15(11)10-5-3-2-4-6-10/h9-11H,2-8,13H2,1H3,(H,14,16)/t9-,11-/m0/s1. The number of nitrogens with two attached hydrogens (primary N) is 1. The van der Waals surface area contributed by atoms with Gasteiger partial charge in [-0.1, -0.05) is 19.3 Å². The SMILES string of the molecule is CNC(=O)[C@@H]1C[C@H](N)CN1C1CCCCC1. The van der Waals surface area contributed by atoms with E-state index in [1.807, 2.05) is 0 Å². The van der Waals surface area contributed by atoms with E-state index in [-0.39, 0.29) is 18.0 Å². The van der Waals surface area contributed by atoms with E-state index in [1.165, 1.54) is 32.1 Å². The van der Waals surface area contributed by atoms with E-state index in [0.717, 1.165) is 13.0 Å². The number of rotatable bonds is 2. The number of nitrogens with one attached hydrogen (secondary N) is 1. The molecule has 0 unspecified atom stereocenters. The fourth-order valence-electron chi connectivity index (χ4n) is 3.14. The van der Waals surface area contributed by atoms with Gasteiger partial charge in [0.1, 0.15) is 0 Å². The lowest BCUT2D eigenvalue weighted by Crippen LogP contribution is -2.47. The van der Waals surface area contributed by atoms with Gasteiger partial charge >= 0.3 is 0 Å². The Morgan fingerprint density at radius 1 is 1.31 bits per heavy atom. The number of carbonyl (C=O) groups excluding carboxylic acids is 1. The summed E-state index contributed by atoms with van der Waals surface area (Å²) in [5.41, 5.74) is 5.99. The molecule has 0 bridgehead atoms. The van der Waals surface area contributed by atoms with E-state index in [4.69, 9.17) is 5.73 Å². The molecule has 16 heavy (non-hydrogen) atoms. The normalized spacial score (nSPS) is 32.9. The zero-order chi connectivity index (χ0) is 11.5. The van der Waals surface area contributed by atoms with Gasteiger partial charge in [0.2, 0.25) is 5.91 Å². The monoisotopic (exact) mass is 225 g/mol. The lowest BCUT2D eigenvalue weighted by atomic mass is 9.93. The van der Waals surface area contributed by atoms with Crippen LogP contribution in [0.4, 0.5) is 0 Å². The minimum atomic E-state index is 0.0168. The zero-order valence-corrected chi connectivity index (χ0v) is 10.1. The van der Waals surface area contributed by atoms with Gasteiger partial charge in [0.05, 0.1) is 6.04 Å². The molecule has 4 heteroatoms. The number of amides is 1. The van der Waals surface area contributed by atoms with E-state index in [9.17, 15) is 4.79 Å². The highest BCUT2D eigenvalue weighted by Crippen LogP contribution is 2.28. The Hall–Kier alpha value is -0.610. The van der Waals surface area contributed by atoms with E-state index in [1.54, 1.807) is 7.05 Å². The third-order valence-electron chi connectivity index (χ3n) is 3.96. The third-order valence-corrected chi connectivity index (χ3v) is 3.96. The first-order valence-electron chi connectivity index (χ1n) is 6.45. The Morgan fingerprint density at radius 2 is 2.00 bits per heavy atom. The molecule has 92 valence electrons. The highest BCUT2D eigenvalue weighted by atomic mass is 16.2. The summed E-state index contributed by atoms with van der Waals surface area (Å²) in [7, 11) is 1.71. The summed E-state index contributed by atoms with van der Waals surface area (Å²) in [6, 6.07) is 0.775. The van der Waals surface area contributed by atoms with Crippen LogP contribution in [-0.4, -0.2) is 42.5 Å². The maximum absolute atomic E-state index is 11.8. The van der Waals surface area contributed by atoms with Crippen LogP contribution in [0.3, 0.4) is 0 Å². The molecule has 4 nitrogen and oxygen atoms in total. The van der Waals surface area contributed by atoms with Crippen LogP contribution in [0.15, 0.2) is 0 Å². The first-order chi connectivity index (χ1) is 7.72. The van der Waals surface area contributed by atoms with Crippen molar-refractivity contribution >= 4 is 5.91 Å². The molecule has 3 N–H and O–H groups in total. The van der Waals surface area contributed by atoms with Gasteiger partial charge in [0, 0.05) is 25.7 Å². The second-order valence-electron chi connectivity index (χ2n) is 5.11. The Morgan fingerprint density at radius 3 is 2.62 bits per heavy atom. The molecule has 1 amide bonds. The highest BCUT2D eigenvalue weighted by molar-refractivity contribution is 5.81.